The Labute approximate surface area is 116 Å². The van der Waals surface area contributed by atoms with Gasteiger partial charge in [0.05, 0.1) is 0 Å². The minimum Gasteiger partial charge on any atom is -0.368 e. The molecule has 0 aromatic heterocycles. The van der Waals surface area contributed by atoms with E-state index in [1.807, 2.05) is 12.1 Å². The standard InChI is InChI=1S/C14H17BrN2O/c15-12-3-4-14(11(8-12)10-18)17-7-6-16-5-1-2-13(16)9-17/h3-4,8,10,13H,1-2,5-7,9H2. The molecule has 0 spiro atoms. The highest BCUT2D eigenvalue weighted by molar-refractivity contribution is 9.10. The fourth-order valence-electron chi connectivity index (χ4n) is 3.12. The van der Waals surface area contributed by atoms with E-state index >= 15 is 0 Å². The fraction of sp³-hybridized carbons (Fsp3) is 0.500. The summed E-state index contributed by atoms with van der Waals surface area (Å²) in [5.41, 5.74) is 1.87. The maximum Gasteiger partial charge on any atom is 0.152 e. The number of piperazine rings is 1. The molecule has 1 aromatic rings. The Morgan fingerprint density at radius 1 is 1.28 bits per heavy atom. The summed E-state index contributed by atoms with van der Waals surface area (Å²) in [6.45, 7) is 4.46. The van der Waals surface area contributed by atoms with E-state index < -0.39 is 0 Å². The van der Waals surface area contributed by atoms with Crippen molar-refractivity contribution in [3.63, 3.8) is 0 Å². The van der Waals surface area contributed by atoms with Gasteiger partial charge in [-0.15, -0.1) is 0 Å². The van der Waals surface area contributed by atoms with Gasteiger partial charge in [0.1, 0.15) is 0 Å². The molecule has 2 saturated heterocycles. The quantitative estimate of drug-likeness (QED) is 0.785. The molecule has 1 aromatic carbocycles. The number of aldehydes is 1. The zero-order chi connectivity index (χ0) is 12.5. The number of anilines is 1. The summed E-state index contributed by atoms with van der Waals surface area (Å²) >= 11 is 3.42. The van der Waals surface area contributed by atoms with Crippen molar-refractivity contribution in [2.75, 3.05) is 31.1 Å². The monoisotopic (exact) mass is 308 g/mol. The van der Waals surface area contributed by atoms with Gasteiger partial charge in [0.15, 0.2) is 6.29 Å². The van der Waals surface area contributed by atoms with E-state index in [2.05, 4.69) is 31.8 Å². The Bertz CT molecular complexity index is 463. The molecule has 2 aliphatic rings. The maximum atomic E-state index is 11.2. The van der Waals surface area contributed by atoms with Crippen LogP contribution < -0.4 is 4.90 Å². The number of hydrogen-bond acceptors (Lipinski definition) is 3. The maximum absolute atomic E-state index is 11.2. The topological polar surface area (TPSA) is 23.6 Å². The van der Waals surface area contributed by atoms with Gasteiger partial charge < -0.3 is 4.90 Å². The summed E-state index contributed by atoms with van der Waals surface area (Å²) in [5.74, 6) is 0. The lowest BCUT2D eigenvalue weighted by atomic mass is 10.1. The molecule has 18 heavy (non-hydrogen) atoms. The highest BCUT2D eigenvalue weighted by Crippen LogP contribution is 2.28. The zero-order valence-electron chi connectivity index (χ0n) is 10.3. The third kappa shape index (κ3) is 2.19. The van der Waals surface area contributed by atoms with Crippen LogP contribution in [0, 0.1) is 0 Å². The van der Waals surface area contributed by atoms with Crippen molar-refractivity contribution in [2.24, 2.45) is 0 Å². The van der Waals surface area contributed by atoms with Crippen LogP contribution in [0.15, 0.2) is 22.7 Å². The lowest BCUT2D eigenvalue weighted by molar-refractivity contribution is 0.112. The van der Waals surface area contributed by atoms with Gasteiger partial charge in [-0.3, -0.25) is 9.69 Å². The van der Waals surface area contributed by atoms with Crippen molar-refractivity contribution < 1.29 is 4.79 Å². The van der Waals surface area contributed by atoms with E-state index in [1.165, 1.54) is 19.4 Å². The molecular weight excluding hydrogens is 292 g/mol. The van der Waals surface area contributed by atoms with Crippen LogP contribution in [0.25, 0.3) is 0 Å². The number of halogens is 1. The van der Waals surface area contributed by atoms with Gasteiger partial charge in [0, 0.05) is 41.4 Å². The minimum atomic E-state index is 0.682. The van der Waals surface area contributed by atoms with E-state index in [0.717, 1.165) is 41.6 Å². The molecule has 96 valence electrons. The van der Waals surface area contributed by atoms with Crippen molar-refractivity contribution in [3.05, 3.63) is 28.2 Å². The molecule has 3 nitrogen and oxygen atoms in total. The molecule has 0 amide bonds. The Morgan fingerprint density at radius 2 is 2.17 bits per heavy atom. The Morgan fingerprint density at radius 3 is 3.00 bits per heavy atom. The molecule has 0 bridgehead atoms. The molecule has 1 atom stereocenters. The summed E-state index contributed by atoms with van der Waals surface area (Å²) in [4.78, 5) is 16.1. The zero-order valence-corrected chi connectivity index (χ0v) is 11.9. The van der Waals surface area contributed by atoms with Crippen LogP contribution in [0.3, 0.4) is 0 Å². The van der Waals surface area contributed by atoms with Crippen LogP contribution >= 0.6 is 15.9 Å². The van der Waals surface area contributed by atoms with Gasteiger partial charge in [0.25, 0.3) is 0 Å². The second-order valence-corrected chi connectivity index (χ2v) is 6.01. The van der Waals surface area contributed by atoms with E-state index in [4.69, 9.17) is 0 Å². The van der Waals surface area contributed by atoms with Crippen LogP contribution in [0.4, 0.5) is 5.69 Å². The van der Waals surface area contributed by atoms with Gasteiger partial charge in [0.2, 0.25) is 0 Å². The average Bonchev–Trinajstić information content (AvgIpc) is 2.85. The number of hydrogen-bond donors (Lipinski definition) is 0. The van der Waals surface area contributed by atoms with Crippen molar-refractivity contribution in [1.29, 1.82) is 0 Å². The molecule has 0 saturated carbocycles. The molecule has 2 heterocycles. The first-order chi connectivity index (χ1) is 8.78. The predicted octanol–water partition coefficient (Wildman–Crippen LogP) is 2.55. The van der Waals surface area contributed by atoms with Crippen molar-refractivity contribution >= 4 is 27.9 Å². The molecule has 1 unspecified atom stereocenters. The molecule has 2 aliphatic heterocycles. The molecule has 0 radical (unpaired) electrons. The lowest BCUT2D eigenvalue weighted by Crippen LogP contribution is -2.50. The first-order valence-corrected chi connectivity index (χ1v) is 7.31. The average molecular weight is 309 g/mol. The number of carbonyl (C=O) groups excluding carboxylic acids is 1. The molecular formula is C14H17BrN2O. The number of nitrogens with zero attached hydrogens (tertiary/aromatic N) is 2. The van der Waals surface area contributed by atoms with Crippen molar-refractivity contribution in [2.45, 2.75) is 18.9 Å². The van der Waals surface area contributed by atoms with Crippen LogP contribution in [-0.2, 0) is 0 Å². The molecule has 4 heteroatoms. The largest absolute Gasteiger partial charge is 0.368 e. The van der Waals surface area contributed by atoms with Gasteiger partial charge in [-0.25, -0.2) is 0 Å². The first-order valence-electron chi connectivity index (χ1n) is 6.51. The summed E-state index contributed by atoms with van der Waals surface area (Å²) in [6.07, 6.45) is 3.57. The highest BCUT2D eigenvalue weighted by Gasteiger charge is 2.31. The van der Waals surface area contributed by atoms with Crippen LogP contribution in [0.2, 0.25) is 0 Å². The third-order valence-corrected chi connectivity index (χ3v) is 4.54. The number of fused-ring (bicyclic) bond motifs is 1. The molecule has 2 fully saturated rings. The molecule has 0 N–H and O–H groups in total. The van der Waals surface area contributed by atoms with Gasteiger partial charge in [-0.2, -0.15) is 0 Å². The molecule has 3 rings (SSSR count). The first kappa shape index (κ1) is 12.2. The lowest BCUT2D eigenvalue weighted by Gasteiger charge is -2.39. The van der Waals surface area contributed by atoms with E-state index in [9.17, 15) is 4.79 Å². The third-order valence-electron chi connectivity index (χ3n) is 4.04. The van der Waals surface area contributed by atoms with Crippen molar-refractivity contribution in [3.8, 4) is 0 Å². The van der Waals surface area contributed by atoms with E-state index in [1.54, 1.807) is 0 Å². The van der Waals surface area contributed by atoms with Crippen LogP contribution in [0.5, 0.6) is 0 Å². The van der Waals surface area contributed by atoms with E-state index in [-0.39, 0.29) is 0 Å². The summed E-state index contributed by atoms with van der Waals surface area (Å²) in [7, 11) is 0. The van der Waals surface area contributed by atoms with E-state index in [0.29, 0.717) is 6.04 Å². The van der Waals surface area contributed by atoms with Gasteiger partial charge >= 0.3 is 0 Å². The second kappa shape index (κ2) is 5.02. The minimum absolute atomic E-state index is 0.682. The smallest absolute Gasteiger partial charge is 0.152 e. The number of benzene rings is 1. The second-order valence-electron chi connectivity index (χ2n) is 5.10. The summed E-state index contributed by atoms with van der Waals surface area (Å²) < 4.78 is 0.966. The Hall–Kier alpha value is -0.870. The van der Waals surface area contributed by atoms with Crippen molar-refractivity contribution in [1.82, 2.24) is 4.90 Å². The molecule has 0 aliphatic carbocycles. The van der Waals surface area contributed by atoms with Gasteiger partial charge in [-0.1, -0.05) is 15.9 Å². The highest BCUT2D eigenvalue weighted by atomic mass is 79.9. The van der Waals surface area contributed by atoms with Crippen LogP contribution in [0.1, 0.15) is 23.2 Å². The van der Waals surface area contributed by atoms with Crippen LogP contribution in [-0.4, -0.2) is 43.4 Å². The number of carbonyl (C=O) groups is 1. The summed E-state index contributed by atoms with van der Waals surface area (Å²) in [5, 5.41) is 0. The summed E-state index contributed by atoms with van der Waals surface area (Å²) in [6, 6.07) is 6.66. The Balaban J connectivity index is 1.84. The normalized spacial score (nSPS) is 24.1. The number of rotatable bonds is 2. The van der Waals surface area contributed by atoms with Gasteiger partial charge in [-0.05, 0) is 37.6 Å². The SMILES string of the molecule is O=Cc1cc(Br)ccc1N1CCN2CCCC2C1. The Kier molecular flexibility index (Phi) is 3.39. The fourth-order valence-corrected chi connectivity index (χ4v) is 3.50. The predicted molar refractivity (Wildman–Crippen MR) is 76.3 cm³/mol.